The van der Waals surface area contributed by atoms with Crippen LogP contribution >= 0.6 is 117 Å². The number of nitrogen functional groups attached to an aromatic ring is 1. The lowest BCUT2D eigenvalue weighted by Gasteiger charge is -1.96. The molecule has 0 bridgehead atoms. The Morgan fingerprint density at radius 1 is 0.545 bits per heavy atom. The number of benzene rings is 6. The molecular formula is C76H92Cl4FN11O3S6. The number of halogens is 5. The smallest absolute Gasteiger partial charge is 0.268 e. The van der Waals surface area contributed by atoms with Crippen molar-refractivity contribution in [1.29, 1.82) is 10.5 Å². The number of aryl methyl sites for hydroxylation is 3. The molecule has 0 radical (unpaired) electrons. The van der Waals surface area contributed by atoms with Crippen LogP contribution < -0.4 is 28.1 Å². The Hall–Kier alpha value is -7.77. The van der Waals surface area contributed by atoms with Gasteiger partial charge in [-0.05, 0) is 62.1 Å². The number of nitrogens with two attached hydrogens (primary N) is 2. The van der Waals surface area contributed by atoms with Gasteiger partial charge in [-0.3, -0.25) is 14.4 Å². The quantitative estimate of drug-likeness (QED) is 0.0421. The standard InChI is InChI=1S/C12H10N2OS.C11H7ClN2OS.C11H11ClN2S.C10H6N2OS.C9H9NS.C7H4FN.C2H2ClN.C2H6S.6C2H6.ClH/c1-2-9-13-10-7-5-3-4-6-8(7)16-11(10)12(15)14-9;12-5-8-13-9-6-3-1-2-4-7(6)16-10(9)11(15)14-8;1-7-11(14-10(13)6-12)8-4-2-3-5-9(8)15-7;13-10-9-8(11-5-12-10)6-3-1-2-4-7(6)14-9;1-6-9(10)7-4-2-3-5-8(7)11-6;8-7-4-2-1-3-6(7)5-9;3-1-2-4;1-2-3;6*1-2;/h3-6H,2H2,1H3,(H,13,14,15);1-4H,5H2,(H,13,14,15);2-5H,6H2,1H3,(H2,13,14);1-5H,(H,11,12,13);2-5H,10H2,1H3;1-4H;1H2;3H,2H2,1H3;6*1-2H3;1H. The third-order valence-electron chi connectivity index (χ3n) is 12.2. The van der Waals surface area contributed by atoms with Crippen LogP contribution in [0.1, 0.15) is 124 Å². The zero-order valence-corrected chi connectivity index (χ0v) is 68.0. The Morgan fingerprint density at radius 3 is 1.30 bits per heavy atom. The summed E-state index contributed by atoms with van der Waals surface area (Å²) in [6.45, 7) is 32.1. The summed E-state index contributed by atoms with van der Waals surface area (Å²) < 4.78 is 20.3. The number of rotatable bonds is 4. The van der Waals surface area contributed by atoms with Crippen molar-refractivity contribution in [1.82, 2.24) is 29.9 Å². The van der Waals surface area contributed by atoms with E-state index in [4.69, 9.17) is 56.8 Å². The van der Waals surface area contributed by atoms with Gasteiger partial charge in [-0.2, -0.15) is 23.2 Å². The van der Waals surface area contributed by atoms with Gasteiger partial charge in [-0.15, -0.1) is 104 Å². The lowest BCUT2D eigenvalue weighted by atomic mass is 10.2. The lowest BCUT2D eigenvalue weighted by Crippen LogP contribution is -2.12. The maximum atomic E-state index is 12.4. The fraction of sp³-hybridized carbons (Fsp3) is 0.276. The van der Waals surface area contributed by atoms with Gasteiger partial charge >= 0.3 is 0 Å². The number of aromatic nitrogens is 6. The van der Waals surface area contributed by atoms with Crippen LogP contribution in [0.5, 0.6) is 0 Å². The van der Waals surface area contributed by atoms with Crippen LogP contribution in [-0.2, 0) is 12.3 Å². The number of hydrogen-bond acceptors (Lipinski definition) is 16. The molecule has 101 heavy (non-hydrogen) atoms. The number of alkyl halides is 3. The molecule has 14 aromatic rings. The number of fused-ring (bicyclic) bond motifs is 11. The lowest BCUT2D eigenvalue weighted by molar-refractivity contribution is 0.624. The van der Waals surface area contributed by atoms with Crippen molar-refractivity contribution < 1.29 is 4.39 Å². The summed E-state index contributed by atoms with van der Waals surface area (Å²) in [5, 5.41) is 21.2. The molecule has 6 aromatic carbocycles. The van der Waals surface area contributed by atoms with Gasteiger partial charge < -0.3 is 26.4 Å². The number of hydrogen-bond donors (Lipinski definition) is 6. The fourth-order valence-electron chi connectivity index (χ4n) is 8.27. The molecule has 540 valence electrons. The molecule has 14 rings (SSSR count). The average molecular weight is 1560 g/mol. The molecule has 7 N–H and O–H groups in total. The molecule has 0 saturated carbocycles. The number of H-pyrrole nitrogens is 3. The Kier molecular flexibility index (Phi) is 49.0. The van der Waals surface area contributed by atoms with E-state index in [0.29, 0.717) is 21.1 Å². The number of aromatic amines is 3. The second kappa shape index (κ2) is 53.1. The van der Waals surface area contributed by atoms with Crippen LogP contribution in [0.2, 0.25) is 0 Å². The number of thiophene rings is 5. The Balaban J connectivity index is 0.00000114. The first kappa shape index (κ1) is 93.2. The van der Waals surface area contributed by atoms with Gasteiger partial charge in [0.05, 0.1) is 57.6 Å². The van der Waals surface area contributed by atoms with E-state index < -0.39 is 5.82 Å². The summed E-state index contributed by atoms with van der Waals surface area (Å²) in [6.07, 6.45) is 2.19. The zero-order chi connectivity index (χ0) is 75.3. The monoisotopic (exact) mass is 1560 g/mol. The summed E-state index contributed by atoms with van der Waals surface area (Å²) in [6, 6.07) is 49.4. The fourth-order valence-corrected chi connectivity index (χ4v) is 13.6. The first-order valence-corrected chi connectivity index (χ1v) is 39.0. The van der Waals surface area contributed by atoms with Crippen molar-refractivity contribution in [2.45, 2.75) is 123 Å². The highest BCUT2D eigenvalue weighted by atomic mass is 35.5. The van der Waals surface area contributed by atoms with Crippen molar-refractivity contribution in [2.75, 3.05) is 23.2 Å². The molecule has 0 amide bonds. The van der Waals surface area contributed by atoms with Crippen LogP contribution in [0.15, 0.2) is 171 Å². The third-order valence-corrected chi connectivity index (χ3v) is 18.5. The Morgan fingerprint density at radius 2 is 0.901 bits per heavy atom. The van der Waals surface area contributed by atoms with Gasteiger partial charge in [0.1, 0.15) is 49.4 Å². The number of anilines is 1. The van der Waals surface area contributed by atoms with Gasteiger partial charge in [0.25, 0.3) is 16.7 Å². The van der Waals surface area contributed by atoms with E-state index in [9.17, 15) is 18.8 Å². The van der Waals surface area contributed by atoms with E-state index in [1.54, 1.807) is 46.9 Å². The predicted molar refractivity (Wildman–Crippen MR) is 454 cm³/mol. The molecule has 0 saturated heterocycles. The number of nitriles is 2. The summed E-state index contributed by atoms with van der Waals surface area (Å²) in [7, 11) is 0. The SMILES string of the molecule is CC.CC.CC.CC.CC.CC.CCS.CCc1nc2c(sc3ccccc32)c(=O)[nH]1.Cc1sc2ccccc2c1N.Cc1sc2ccccc2c1N=C(N)CCl.Cl.N#CCCl.N#Cc1ccccc1F.O=c1[nH]c(CCl)nc2c1sc1ccccc12.O=c1[nH]cnc2c1sc1ccccc12. The minimum atomic E-state index is -0.458. The summed E-state index contributed by atoms with van der Waals surface area (Å²) in [5.74, 6) is 2.80. The van der Waals surface area contributed by atoms with Crippen LogP contribution in [0.25, 0.3) is 81.1 Å². The highest BCUT2D eigenvalue weighted by Gasteiger charge is 2.13. The minimum absolute atomic E-state index is 0. The van der Waals surface area contributed by atoms with E-state index in [-0.39, 0.29) is 52.3 Å². The van der Waals surface area contributed by atoms with Crippen molar-refractivity contribution in [3.8, 4) is 12.1 Å². The van der Waals surface area contributed by atoms with Crippen molar-refractivity contribution in [3.05, 3.63) is 216 Å². The molecule has 0 spiro atoms. The van der Waals surface area contributed by atoms with E-state index >= 15 is 0 Å². The van der Waals surface area contributed by atoms with Gasteiger partial charge in [-0.1, -0.05) is 200 Å². The van der Waals surface area contributed by atoms with Crippen LogP contribution in [0.3, 0.4) is 0 Å². The number of nitrogens with zero attached hydrogens (tertiary/aromatic N) is 6. The molecule has 0 aliphatic heterocycles. The molecule has 25 heteroatoms. The first-order chi connectivity index (χ1) is 48.6. The Bertz CT molecular complexity index is 4860. The molecule has 0 fully saturated rings. The van der Waals surface area contributed by atoms with E-state index in [2.05, 4.69) is 78.7 Å². The zero-order valence-electron chi connectivity index (χ0n) is 59.9. The summed E-state index contributed by atoms with van der Waals surface area (Å²) >= 11 is 27.8. The maximum absolute atomic E-state index is 12.4. The first-order valence-electron chi connectivity index (χ1n) is 32.6. The summed E-state index contributed by atoms with van der Waals surface area (Å²) in [4.78, 5) is 62.9. The van der Waals surface area contributed by atoms with Gasteiger partial charge in [0.15, 0.2) is 0 Å². The number of nitrogens with one attached hydrogen (secondary N) is 3. The maximum Gasteiger partial charge on any atom is 0.268 e. The van der Waals surface area contributed by atoms with Crippen LogP contribution in [0.4, 0.5) is 15.8 Å². The molecular weight excluding hydrogens is 1470 g/mol. The average Bonchev–Trinajstić information content (AvgIpc) is 1.65. The van der Waals surface area contributed by atoms with Crippen LogP contribution in [-0.4, -0.2) is 53.3 Å². The molecule has 0 atom stereocenters. The largest absolute Gasteiger partial charge is 0.397 e. The van der Waals surface area contributed by atoms with Crippen molar-refractivity contribution in [3.63, 3.8) is 0 Å². The highest BCUT2D eigenvalue weighted by Crippen LogP contribution is 2.38. The highest BCUT2D eigenvalue weighted by molar-refractivity contribution is 7.80. The van der Waals surface area contributed by atoms with Gasteiger partial charge in [-0.25, -0.2) is 24.3 Å². The molecule has 0 aliphatic carbocycles. The van der Waals surface area contributed by atoms with Crippen LogP contribution in [0, 0.1) is 42.3 Å². The predicted octanol–water partition coefficient (Wildman–Crippen LogP) is 23.9. The number of amidine groups is 1. The van der Waals surface area contributed by atoms with Crippen molar-refractivity contribution in [2.24, 2.45) is 10.7 Å². The summed E-state index contributed by atoms with van der Waals surface area (Å²) in [5.41, 5.74) is 15.7. The molecule has 8 heterocycles. The van der Waals surface area contributed by atoms with Crippen molar-refractivity contribution >= 4 is 215 Å². The molecule has 14 nitrogen and oxygen atoms in total. The molecule has 8 aromatic heterocycles. The Labute approximate surface area is 639 Å². The van der Waals surface area contributed by atoms with Gasteiger partial charge in [0.2, 0.25) is 0 Å². The minimum Gasteiger partial charge on any atom is -0.397 e. The molecule has 0 unspecified atom stereocenters. The topological polar surface area (TPSA) is 249 Å². The normalized spacial score (nSPS) is 9.59. The number of thiol groups is 1. The van der Waals surface area contributed by atoms with E-state index in [0.717, 1.165) is 86.3 Å². The van der Waals surface area contributed by atoms with Gasteiger partial charge in [0, 0.05) is 66.6 Å². The second-order valence-corrected chi connectivity index (χ2v) is 25.2. The number of aliphatic imine (C=N–C) groups is 1. The van der Waals surface area contributed by atoms with E-state index in [1.165, 1.54) is 77.0 Å². The van der Waals surface area contributed by atoms with E-state index in [1.807, 2.05) is 201 Å². The molecule has 0 aliphatic rings. The third kappa shape index (κ3) is 27.5. The second-order valence-electron chi connectivity index (χ2n) is 18.1.